The average molecular weight is 255 g/mol. The Morgan fingerprint density at radius 1 is 1.65 bits per heavy atom. The van der Waals surface area contributed by atoms with Crippen molar-refractivity contribution < 1.29 is 9.53 Å². The maximum atomic E-state index is 11.9. The fraction of sp³-hybridized carbons (Fsp3) is 0.500. The van der Waals surface area contributed by atoms with Crippen molar-refractivity contribution in [3.8, 4) is 0 Å². The minimum atomic E-state index is -0.185. The van der Waals surface area contributed by atoms with Gasteiger partial charge in [0.05, 0.1) is 23.8 Å². The smallest absolute Gasteiger partial charge is 0.254 e. The third kappa shape index (κ3) is 2.76. The molecule has 1 amide bonds. The summed E-state index contributed by atoms with van der Waals surface area (Å²) in [5.74, 6) is -0.185. The lowest BCUT2D eigenvalue weighted by atomic mass is 9.89. The van der Waals surface area contributed by atoms with E-state index in [4.69, 9.17) is 16.3 Å². The van der Waals surface area contributed by atoms with Crippen LogP contribution in [0.15, 0.2) is 12.3 Å². The molecule has 1 aromatic heterocycles. The number of nitrogens with one attached hydrogen (secondary N) is 1. The second kappa shape index (κ2) is 4.63. The highest BCUT2D eigenvalue weighted by Crippen LogP contribution is 2.25. The van der Waals surface area contributed by atoms with E-state index in [0.717, 1.165) is 5.69 Å². The lowest BCUT2D eigenvalue weighted by molar-refractivity contribution is -0.0978. The van der Waals surface area contributed by atoms with E-state index < -0.39 is 0 Å². The molecule has 0 saturated carbocycles. The molecule has 0 atom stereocenters. The Hall–Kier alpha value is -1.13. The number of aromatic nitrogens is 1. The minimum absolute atomic E-state index is 0.0558. The van der Waals surface area contributed by atoms with Gasteiger partial charge in [-0.05, 0) is 13.0 Å². The molecule has 2 heterocycles. The van der Waals surface area contributed by atoms with Gasteiger partial charge in [-0.25, -0.2) is 0 Å². The monoisotopic (exact) mass is 254 g/mol. The number of hydrogen-bond donors (Lipinski definition) is 1. The highest BCUT2D eigenvalue weighted by molar-refractivity contribution is 6.33. The van der Waals surface area contributed by atoms with E-state index in [2.05, 4.69) is 17.2 Å². The molecule has 4 nitrogen and oxygen atoms in total. The number of hydrogen-bond acceptors (Lipinski definition) is 3. The minimum Gasteiger partial charge on any atom is -0.380 e. The molecule has 1 aromatic rings. The van der Waals surface area contributed by atoms with E-state index in [1.807, 2.05) is 6.92 Å². The van der Waals surface area contributed by atoms with Gasteiger partial charge in [-0.3, -0.25) is 9.78 Å². The fourth-order valence-electron chi connectivity index (χ4n) is 1.64. The summed E-state index contributed by atoms with van der Waals surface area (Å²) >= 11 is 6.00. The molecule has 0 aliphatic carbocycles. The number of nitrogens with zero attached hydrogens (tertiary/aromatic N) is 1. The maximum Gasteiger partial charge on any atom is 0.254 e. The van der Waals surface area contributed by atoms with Gasteiger partial charge >= 0.3 is 0 Å². The zero-order chi connectivity index (χ0) is 12.5. The molecule has 1 aliphatic rings. The Morgan fingerprint density at radius 3 is 2.88 bits per heavy atom. The van der Waals surface area contributed by atoms with Gasteiger partial charge < -0.3 is 10.1 Å². The first-order chi connectivity index (χ1) is 8.00. The third-order valence-corrected chi connectivity index (χ3v) is 3.12. The van der Waals surface area contributed by atoms with Gasteiger partial charge in [0.2, 0.25) is 0 Å². The first-order valence-corrected chi connectivity index (χ1v) is 5.86. The Labute approximate surface area is 105 Å². The number of rotatable bonds is 3. The van der Waals surface area contributed by atoms with Crippen LogP contribution in [0.2, 0.25) is 5.02 Å². The van der Waals surface area contributed by atoms with Crippen molar-refractivity contribution in [2.24, 2.45) is 5.41 Å². The van der Waals surface area contributed by atoms with Crippen LogP contribution in [0.25, 0.3) is 0 Å². The van der Waals surface area contributed by atoms with Gasteiger partial charge in [-0.15, -0.1) is 0 Å². The van der Waals surface area contributed by atoms with Crippen LogP contribution in [0.4, 0.5) is 0 Å². The largest absolute Gasteiger partial charge is 0.380 e. The van der Waals surface area contributed by atoms with Crippen LogP contribution in [0.3, 0.4) is 0 Å². The van der Waals surface area contributed by atoms with E-state index >= 15 is 0 Å². The van der Waals surface area contributed by atoms with Crippen molar-refractivity contribution in [3.05, 3.63) is 28.5 Å². The summed E-state index contributed by atoms with van der Waals surface area (Å²) in [5, 5.41) is 3.29. The SMILES string of the molecule is Cc1cc(Cl)c(C(=O)NCC2(C)COC2)cn1. The first-order valence-electron chi connectivity index (χ1n) is 5.48. The van der Waals surface area contributed by atoms with E-state index in [1.165, 1.54) is 6.20 Å². The molecule has 0 radical (unpaired) electrons. The fourth-order valence-corrected chi connectivity index (χ4v) is 1.93. The normalized spacial score (nSPS) is 17.4. The first kappa shape index (κ1) is 12.3. The van der Waals surface area contributed by atoms with Gasteiger partial charge in [0.15, 0.2) is 0 Å². The van der Waals surface area contributed by atoms with Gasteiger partial charge in [0, 0.05) is 23.9 Å². The van der Waals surface area contributed by atoms with Gasteiger partial charge in [-0.2, -0.15) is 0 Å². The number of carbonyl (C=O) groups excluding carboxylic acids is 1. The summed E-state index contributed by atoms with van der Waals surface area (Å²) in [7, 11) is 0. The molecule has 92 valence electrons. The van der Waals surface area contributed by atoms with Crippen LogP contribution in [0, 0.1) is 12.3 Å². The molecule has 1 N–H and O–H groups in total. The Morgan fingerprint density at radius 2 is 2.35 bits per heavy atom. The number of halogens is 1. The van der Waals surface area contributed by atoms with Crippen molar-refractivity contribution in [1.29, 1.82) is 0 Å². The topological polar surface area (TPSA) is 51.2 Å². The van der Waals surface area contributed by atoms with Crippen molar-refractivity contribution in [2.45, 2.75) is 13.8 Å². The Kier molecular flexibility index (Phi) is 3.35. The van der Waals surface area contributed by atoms with E-state index in [9.17, 15) is 4.79 Å². The lowest BCUT2D eigenvalue weighted by Crippen LogP contribution is -2.48. The Balaban J connectivity index is 1.99. The molecule has 1 aliphatic heterocycles. The highest BCUT2D eigenvalue weighted by Gasteiger charge is 2.33. The number of carbonyl (C=O) groups is 1. The number of aryl methyl sites for hydroxylation is 1. The Bertz CT molecular complexity index is 444. The zero-order valence-corrected chi connectivity index (χ0v) is 10.7. The van der Waals surface area contributed by atoms with Crippen LogP contribution < -0.4 is 5.32 Å². The van der Waals surface area contributed by atoms with Gasteiger partial charge in [0.25, 0.3) is 5.91 Å². The molecule has 1 saturated heterocycles. The van der Waals surface area contributed by atoms with E-state index in [0.29, 0.717) is 30.3 Å². The van der Waals surface area contributed by atoms with E-state index in [-0.39, 0.29) is 11.3 Å². The molecular weight excluding hydrogens is 240 g/mol. The summed E-state index contributed by atoms with van der Waals surface area (Å²) in [5.41, 5.74) is 1.27. The maximum absolute atomic E-state index is 11.9. The van der Waals surface area contributed by atoms with Gasteiger partial charge in [0.1, 0.15) is 0 Å². The quantitative estimate of drug-likeness (QED) is 0.895. The van der Waals surface area contributed by atoms with Crippen LogP contribution in [0.5, 0.6) is 0 Å². The predicted molar refractivity (Wildman–Crippen MR) is 65.2 cm³/mol. The van der Waals surface area contributed by atoms with Crippen molar-refractivity contribution in [2.75, 3.05) is 19.8 Å². The zero-order valence-electron chi connectivity index (χ0n) is 9.92. The second-order valence-corrected chi connectivity index (χ2v) is 5.20. The molecule has 0 unspecified atom stereocenters. The average Bonchev–Trinajstić information content (AvgIpc) is 2.23. The molecule has 1 fully saturated rings. The molecule has 0 aromatic carbocycles. The molecular formula is C12H15ClN2O2. The molecule has 17 heavy (non-hydrogen) atoms. The van der Waals surface area contributed by atoms with Crippen LogP contribution in [-0.4, -0.2) is 30.6 Å². The van der Waals surface area contributed by atoms with Crippen LogP contribution in [0.1, 0.15) is 23.0 Å². The molecule has 0 spiro atoms. The number of pyridine rings is 1. The summed E-state index contributed by atoms with van der Waals surface area (Å²) in [6, 6.07) is 1.69. The number of ether oxygens (including phenoxy) is 1. The summed E-state index contributed by atoms with van der Waals surface area (Å²) in [6.45, 7) is 5.88. The van der Waals surface area contributed by atoms with Gasteiger partial charge in [-0.1, -0.05) is 18.5 Å². The highest BCUT2D eigenvalue weighted by atomic mass is 35.5. The standard InChI is InChI=1S/C12H15ClN2O2/c1-8-3-10(13)9(4-14-8)11(16)15-5-12(2)6-17-7-12/h3-4H,5-7H2,1-2H3,(H,15,16). The summed E-state index contributed by atoms with van der Waals surface area (Å²) in [4.78, 5) is 16.0. The lowest BCUT2D eigenvalue weighted by Gasteiger charge is -2.38. The van der Waals surface area contributed by atoms with Crippen LogP contribution in [-0.2, 0) is 4.74 Å². The number of amides is 1. The van der Waals surface area contributed by atoms with Crippen LogP contribution >= 0.6 is 11.6 Å². The van der Waals surface area contributed by atoms with E-state index in [1.54, 1.807) is 6.07 Å². The molecule has 5 heteroatoms. The predicted octanol–water partition coefficient (Wildman–Crippen LogP) is 1.81. The van der Waals surface area contributed by atoms with Crippen molar-refractivity contribution in [1.82, 2.24) is 10.3 Å². The summed E-state index contributed by atoms with van der Waals surface area (Å²) in [6.07, 6.45) is 1.51. The molecule has 2 rings (SSSR count). The second-order valence-electron chi connectivity index (χ2n) is 4.79. The van der Waals surface area contributed by atoms with Crippen molar-refractivity contribution in [3.63, 3.8) is 0 Å². The van der Waals surface area contributed by atoms with Crippen molar-refractivity contribution >= 4 is 17.5 Å². The molecule has 0 bridgehead atoms. The third-order valence-electron chi connectivity index (χ3n) is 2.81. The summed E-state index contributed by atoms with van der Waals surface area (Å²) < 4.78 is 5.13.